The van der Waals surface area contributed by atoms with E-state index in [0.717, 1.165) is 0 Å². The topological polar surface area (TPSA) is 29.3 Å². The summed E-state index contributed by atoms with van der Waals surface area (Å²) in [6, 6.07) is 3.12. The first-order chi connectivity index (χ1) is 8.26. The van der Waals surface area contributed by atoms with Crippen molar-refractivity contribution in [1.29, 1.82) is 0 Å². The van der Waals surface area contributed by atoms with Crippen LogP contribution in [0.1, 0.15) is 18.9 Å². The van der Waals surface area contributed by atoms with E-state index in [0.29, 0.717) is 28.4 Å². The molecule has 1 aromatic rings. The van der Waals surface area contributed by atoms with Crippen LogP contribution in [-0.4, -0.2) is 19.3 Å². The Kier molecular flexibility index (Phi) is 4.73. The molecule has 2 nitrogen and oxygen atoms in total. The molecule has 0 saturated carbocycles. The minimum absolute atomic E-state index is 0.283. The fraction of sp³-hybridized carbons (Fsp3) is 0.500. The number of nitrogens with two attached hydrogens (primary N) is 1. The highest BCUT2D eigenvalue weighted by Crippen LogP contribution is 2.34. The number of nitrogen functional groups attached to an aromatic ring is 1. The van der Waals surface area contributed by atoms with Crippen LogP contribution in [0.2, 0.25) is 5.02 Å². The lowest BCUT2D eigenvalue weighted by atomic mass is 10.1. The smallest absolute Gasteiger partial charge is 0.397 e. The molecule has 0 amide bonds. The van der Waals surface area contributed by atoms with Crippen molar-refractivity contribution in [2.45, 2.75) is 26.4 Å². The molecule has 1 rings (SSSR count). The summed E-state index contributed by atoms with van der Waals surface area (Å²) in [5, 5.41) is 0.419. The van der Waals surface area contributed by atoms with Crippen molar-refractivity contribution >= 4 is 23.0 Å². The van der Waals surface area contributed by atoms with Gasteiger partial charge in [0.25, 0.3) is 0 Å². The zero-order valence-corrected chi connectivity index (χ0v) is 11.1. The van der Waals surface area contributed by atoms with Gasteiger partial charge in [-0.15, -0.1) is 0 Å². The number of anilines is 2. The van der Waals surface area contributed by atoms with Crippen LogP contribution in [0.4, 0.5) is 24.5 Å². The number of nitrogens with zero attached hydrogens (tertiary/aromatic N) is 1. The van der Waals surface area contributed by atoms with Gasteiger partial charge in [-0.3, -0.25) is 0 Å². The van der Waals surface area contributed by atoms with E-state index >= 15 is 0 Å². The largest absolute Gasteiger partial charge is 0.405 e. The van der Waals surface area contributed by atoms with Gasteiger partial charge in [0.15, 0.2) is 0 Å². The third-order valence-electron chi connectivity index (χ3n) is 2.58. The van der Waals surface area contributed by atoms with E-state index < -0.39 is 12.7 Å². The number of benzene rings is 1. The van der Waals surface area contributed by atoms with Crippen molar-refractivity contribution in [2.24, 2.45) is 0 Å². The fourth-order valence-electron chi connectivity index (χ4n) is 1.87. The molecule has 1 aromatic carbocycles. The molecule has 0 aliphatic carbocycles. The van der Waals surface area contributed by atoms with Crippen molar-refractivity contribution in [3.05, 3.63) is 22.7 Å². The molecule has 0 bridgehead atoms. The first-order valence-corrected chi connectivity index (χ1v) is 6.00. The number of rotatable bonds is 4. The molecular weight excluding hydrogens is 265 g/mol. The second-order valence-electron chi connectivity index (χ2n) is 4.15. The van der Waals surface area contributed by atoms with Crippen molar-refractivity contribution in [1.82, 2.24) is 0 Å². The number of hydrogen-bond acceptors (Lipinski definition) is 2. The van der Waals surface area contributed by atoms with Gasteiger partial charge in [0.2, 0.25) is 0 Å². The van der Waals surface area contributed by atoms with Gasteiger partial charge in [-0.1, -0.05) is 18.5 Å². The molecule has 102 valence electrons. The van der Waals surface area contributed by atoms with Gasteiger partial charge in [0.1, 0.15) is 6.54 Å². The first-order valence-electron chi connectivity index (χ1n) is 5.62. The summed E-state index contributed by atoms with van der Waals surface area (Å²) in [5.74, 6) is 0. The second-order valence-corrected chi connectivity index (χ2v) is 4.55. The molecule has 0 aromatic heterocycles. The van der Waals surface area contributed by atoms with E-state index in [-0.39, 0.29) is 6.54 Å². The quantitative estimate of drug-likeness (QED) is 0.845. The predicted molar refractivity (Wildman–Crippen MR) is 69.2 cm³/mol. The Labute approximate surface area is 110 Å². The van der Waals surface area contributed by atoms with Crippen molar-refractivity contribution in [2.75, 3.05) is 23.7 Å². The molecule has 6 heteroatoms. The number of alkyl halides is 3. The SMILES string of the molecule is CCCN(CC(F)(F)F)c1c(N)ccc(Cl)c1C. The van der Waals surface area contributed by atoms with Crippen LogP contribution in [0.5, 0.6) is 0 Å². The average Bonchev–Trinajstić information content (AvgIpc) is 2.22. The van der Waals surface area contributed by atoms with E-state index in [1.807, 2.05) is 6.92 Å². The Morgan fingerprint density at radius 3 is 2.44 bits per heavy atom. The van der Waals surface area contributed by atoms with Crippen molar-refractivity contribution in [3.63, 3.8) is 0 Å². The van der Waals surface area contributed by atoms with E-state index in [4.69, 9.17) is 17.3 Å². The summed E-state index contributed by atoms with van der Waals surface area (Å²) in [6.45, 7) is 2.75. The number of hydrogen-bond donors (Lipinski definition) is 1. The van der Waals surface area contributed by atoms with Crippen LogP contribution in [-0.2, 0) is 0 Å². The highest BCUT2D eigenvalue weighted by Gasteiger charge is 2.31. The van der Waals surface area contributed by atoms with Crippen molar-refractivity contribution < 1.29 is 13.2 Å². The van der Waals surface area contributed by atoms with Crippen molar-refractivity contribution in [3.8, 4) is 0 Å². The average molecular weight is 281 g/mol. The molecule has 0 atom stereocenters. The monoisotopic (exact) mass is 280 g/mol. The molecule has 0 heterocycles. The van der Waals surface area contributed by atoms with Gasteiger partial charge < -0.3 is 10.6 Å². The summed E-state index contributed by atoms with van der Waals surface area (Å²) in [7, 11) is 0. The zero-order valence-electron chi connectivity index (χ0n) is 10.3. The van der Waals surface area contributed by atoms with Crippen LogP contribution >= 0.6 is 11.6 Å². The predicted octanol–water partition coefficient (Wildman–Crippen LogP) is 4.01. The molecule has 0 aliphatic rings. The maximum atomic E-state index is 12.6. The highest BCUT2D eigenvalue weighted by molar-refractivity contribution is 6.32. The maximum Gasteiger partial charge on any atom is 0.405 e. The zero-order chi connectivity index (χ0) is 13.9. The minimum Gasteiger partial charge on any atom is -0.397 e. The van der Waals surface area contributed by atoms with Crippen LogP contribution < -0.4 is 10.6 Å². The number of halogens is 4. The van der Waals surface area contributed by atoms with Gasteiger partial charge >= 0.3 is 6.18 Å². The van der Waals surface area contributed by atoms with Crippen LogP contribution in [0, 0.1) is 6.92 Å². The lowest BCUT2D eigenvalue weighted by Gasteiger charge is -2.28. The van der Waals surface area contributed by atoms with Gasteiger partial charge in [-0.25, -0.2) is 0 Å². The Morgan fingerprint density at radius 1 is 1.33 bits per heavy atom. The third-order valence-corrected chi connectivity index (χ3v) is 2.99. The molecule has 0 saturated heterocycles. The molecule has 0 spiro atoms. The summed E-state index contributed by atoms with van der Waals surface area (Å²) >= 11 is 5.94. The molecule has 0 unspecified atom stereocenters. The van der Waals surface area contributed by atoms with Gasteiger partial charge in [0.05, 0.1) is 11.4 Å². The second kappa shape index (κ2) is 5.69. The molecule has 0 radical (unpaired) electrons. The van der Waals surface area contributed by atoms with E-state index in [1.165, 1.54) is 11.0 Å². The summed E-state index contributed by atoms with van der Waals surface area (Å²) < 4.78 is 37.7. The minimum atomic E-state index is -4.27. The molecule has 2 N–H and O–H groups in total. The fourth-order valence-corrected chi connectivity index (χ4v) is 2.02. The van der Waals surface area contributed by atoms with Gasteiger partial charge in [-0.05, 0) is 31.0 Å². The Hall–Kier alpha value is -1.10. The first kappa shape index (κ1) is 15.0. The normalized spacial score (nSPS) is 11.7. The van der Waals surface area contributed by atoms with E-state index in [1.54, 1.807) is 13.0 Å². The molecule has 0 fully saturated rings. The lowest BCUT2D eigenvalue weighted by molar-refractivity contribution is -0.119. The summed E-state index contributed by atoms with van der Waals surface area (Å²) in [6.07, 6.45) is -3.67. The van der Waals surface area contributed by atoms with E-state index in [9.17, 15) is 13.2 Å². The maximum absolute atomic E-state index is 12.6. The Bertz CT molecular complexity index is 419. The third kappa shape index (κ3) is 3.70. The molecule has 18 heavy (non-hydrogen) atoms. The molecular formula is C12H16ClF3N2. The van der Waals surface area contributed by atoms with E-state index in [2.05, 4.69) is 0 Å². The van der Waals surface area contributed by atoms with Gasteiger partial charge in [-0.2, -0.15) is 13.2 Å². The highest BCUT2D eigenvalue weighted by atomic mass is 35.5. The molecule has 0 aliphatic heterocycles. The van der Waals surface area contributed by atoms with Crippen LogP contribution in [0.15, 0.2) is 12.1 Å². The lowest BCUT2D eigenvalue weighted by Crippen LogP contribution is -2.35. The van der Waals surface area contributed by atoms with Gasteiger partial charge in [0, 0.05) is 11.6 Å². The van der Waals surface area contributed by atoms with Crippen LogP contribution in [0.25, 0.3) is 0 Å². The van der Waals surface area contributed by atoms with Crippen LogP contribution in [0.3, 0.4) is 0 Å². The Balaban J connectivity index is 3.17. The Morgan fingerprint density at radius 2 is 1.94 bits per heavy atom. The summed E-state index contributed by atoms with van der Waals surface area (Å²) in [4.78, 5) is 1.23. The summed E-state index contributed by atoms with van der Waals surface area (Å²) in [5.41, 5.74) is 7.04. The standard InChI is InChI=1S/C12H16ClF3N2/c1-3-6-18(7-12(14,15)16)11-8(2)9(13)4-5-10(11)17/h4-5H,3,6-7,17H2,1-2H3.